The van der Waals surface area contributed by atoms with Crippen LogP contribution in [-0.2, 0) is 14.8 Å². The molecule has 0 saturated carbocycles. The number of aromatic nitrogens is 1. The largest absolute Gasteiger partial charge is 0.379 e. The van der Waals surface area contributed by atoms with E-state index in [1.807, 2.05) is 13.0 Å². The zero-order valence-electron chi connectivity index (χ0n) is 13.9. The summed E-state index contributed by atoms with van der Waals surface area (Å²) in [6.45, 7) is 4.63. The zero-order chi connectivity index (χ0) is 16.3. The van der Waals surface area contributed by atoms with E-state index in [1.165, 1.54) is 4.31 Å². The van der Waals surface area contributed by atoms with Crippen molar-refractivity contribution in [1.82, 2.24) is 14.6 Å². The molecule has 25 heavy (non-hydrogen) atoms. The van der Waals surface area contributed by atoms with Crippen LogP contribution in [0.2, 0.25) is 0 Å². The van der Waals surface area contributed by atoms with Crippen molar-refractivity contribution < 1.29 is 13.2 Å². The van der Waals surface area contributed by atoms with Crippen LogP contribution in [0.15, 0.2) is 41.6 Å². The number of fused-ring (bicyclic) bond motifs is 1. The molecule has 2 heterocycles. The topological polar surface area (TPSA) is 71.5 Å². The normalized spacial score (nSPS) is 19.8. The molecule has 9 heteroatoms. The number of hydrogen-bond donors (Lipinski definition) is 1. The minimum Gasteiger partial charge on any atom is -0.379 e. The van der Waals surface area contributed by atoms with Gasteiger partial charge in [-0.2, -0.15) is 4.31 Å². The average molecular weight is 408 g/mol. The molecule has 0 spiro atoms. The van der Waals surface area contributed by atoms with Crippen LogP contribution < -0.4 is 5.32 Å². The SMILES string of the molecule is C[C@@H]1CNCCOCCN1S(=O)(=O)c1ccc2cnccc2c1.Cl.Cl. The Morgan fingerprint density at radius 1 is 1.20 bits per heavy atom. The predicted molar refractivity (Wildman–Crippen MR) is 103 cm³/mol. The van der Waals surface area contributed by atoms with Gasteiger partial charge in [-0.1, -0.05) is 6.07 Å². The predicted octanol–water partition coefficient (Wildman–Crippen LogP) is 2.08. The van der Waals surface area contributed by atoms with Gasteiger partial charge in [0.25, 0.3) is 0 Å². The van der Waals surface area contributed by atoms with Crippen LogP contribution in [0.1, 0.15) is 6.92 Å². The van der Waals surface area contributed by atoms with Gasteiger partial charge in [0.2, 0.25) is 10.0 Å². The Kier molecular flexibility index (Phi) is 8.53. The molecule has 1 N–H and O–H groups in total. The minimum absolute atomic E-state index is 0. The summed E-state index contributed by atoms with van der Waals surface area (Å²) >= 11 is 0. The second kappa shape index (κ2) is 9.66. The van der Waals surface area contributed by atoms with Crippen molar-refractivity contribution in [3.63, 3.8) is 0 Å². The number of benzene rings is 1. The molecular weight excluding hydrogens is 385 g/mol. The Bertz CT molecular complexity index is 789. The Morgan fingerprint density at radius 3 is 2.80 bits per heavy atom. The summed E-state index contributed by atoms with van der Waals surface area (Å²) in [5.74, 6) is 0. The Labute approximate surface area is 160 Å². The number of hydrogen-bond acceptors (Lipinski definition) is 5. The summed E-state index contributed by atoms with van der Waals surface area (Å²) in [5.41, 5.74) is 0. The summed E-state index contributed by atoms with van der Waals surface area (Å²) in [6.07, 6.45) is 3.39. The first-order valence-electron chi connectivity index (χ1n) is 7.73. The fraction of sp³-hybridized carbons (Fsp3) is 0.438. The maximum absolute atomic E-state index is 13.0. The number of pyridine rings is 1. The monoisotopic (exact) mass is 407 g/mol. The highest BCUT2D eigenvalue weighted by molar-refractivity contribution is 7.89. The van der Waals surface area contributed by atoms with Crippen LogP contribution >= 0.6 is 24.8 Å². The lowest BCUT2D eigenvalue weighted by Gasteiger charge is -2.27. The van der Waals surface area contributed by atoms with Crippen LogP contribution in [0, 0.1) is 0 Å². The fourth-order valence-corrected chi connectivity index (χ4v) is 4.40. The number of ether oxygens (including phenoxy) is 1. The highest BCUT2D eigenvalue weighted by Crippen LogP contribution is 2.22. The van der Waals surface area contributed by atoms with Gasteiger partial charge in [0, 0.05) is 43.5 Å². The molecule has 1 atom stereocenters. The molecule has 0 aliphatic carbocycles. The van der Waals surface area contributed by atoms with Gasteiger partial charge >= 0.3 is 0 Å². The second-order valence-corrected chi connectivity index (χ2v) is 7.56. The number of sulfonamides is 1. The van der Waals surface area contributed by atoms with E-state index in [-0.39, 0.29) is 30.9 Å². The molecule has 140 valence electrons. The van der Waals surface area contributed by atoms with Crippen molar-refractivity contribution >= 4 is 45.6 Å². The lowest BCUT2D eigenvalue weighted by Crippen LogP contribution is -2.44. The number of nitrogens with zero attached hydrogens (tertiary/aromatic N) is 2. The lowest BCUT2D eigenvalue weighted by atomic mass is 10.2. The van der Waals surface area contributed by atoms with Crippen molar-refractivity contribution in [3.05, 3.63) is 36.7 Å². The van der Waals surface area contributed by atoms with Crippen molar-refractivity contribution in [2.75, 3.05) is 32.8 Å². The maximum atomic E-state index is 13.0. The molecule has 0 unspecified atom stereocenters. The van der Waals surface area contributed by atoms with Gasteiger partial charge in [-0.15, -0.1) is 24.8 Å². The molecular formula is C16H23Cl2N3O3S. The van der Waals surface area contributed by atoms with Gasteiger partial charge in [-0.3, -0.25) is 4.98 Å². The van der Waals surface area contributed by atoms with E-state index in [9.17, 15) is 8.42 Å². The van der Waals surface area contributed by atoms with E-state index >= 15 is 0 Å². The van der Waals surface area contributed by atoms with Gasteiger partial charge in [0.1, 0.15) is 0 Å². The molecule has 1 saturated heterocycles. The molecule has 1 aliphatic rings. The lowest BCUT2D eigenvalue weighted by molar-refractivity contribution is 0.129. The van der Waals surface area contributed by atoms with Crippen molar-refractivity contribution in [1.29, 1.82) is 0 Å². The maximum Gasteiger partial charge on any atom is 0.243 e. The van der Waals surface area contributed by atoms with Gasteiger partial charge in [0.05, 0.1) is 18.1 Å². The molecule has 1 aromatic heterocycles. The average Bonchev–Trinajstić information content (AvgIpc) is 2.66. The molecule has 1 aliphatic heterocycles. The Hall–Kier alpha value is -0.960. The molecule has 6 nitrogen and oxygen atoms in total. The molecule has 0 amide bonds. The third-order valence-corrected chi connectivity index (χ3v) is 6.04. The Balaban J connectivity index is 0.00000156. The van der Waals surface area contributed by atoms with Crippen molar-refractivity contribution in [2.45, 2.75) is 17.9 Å². The van der Waals surface area contributed by atoms with E-state index < -0.39 is 10.0 Å². The van der Waals surface area contributed by atoms with Crippen LogP contribution in [0.4, 0.5) is 0 Å². The van der Waals surface area contributed by atoms with Gasteiger partial charge in [-0.25, -0.2) is 8.42 Å². The highest BCUT2D eigenvalue weighted by atomic mass is 35.5. The summed E-state index contributed by atoms with van der Waals surface area (Å²) in [5, 5.41) is 5.01. The van der Waals surface area contributed by atoms with E-state index in [0.717, 1.165) is 17.3 Å². The van der Waals surface area contributed by atoms with Gasteiger partial charge < -0.3 is 10.1 Å². The first-order chi connectivity index (χ1) is 11.1. The zero-order valence-corrected chi connectivity index (χ0v) is 16.4. The molecule has 1 aromatic carbocycles. The third kappa shape index (κ3) is 5.03. The first kappa shape index (κ1) is 22.1. The van der Waals surface area contributed by atoms with E-state index in [0.29, 0.717) is 31.2 Å². The number of halogens is 2. The summed E-state index contributed by atoms with van der Waals surface area (Å²) in [6, 6.07) is 6.84. The van der Waals surface area contributed by atoms with Gasteiger partial charge in [0.15, 0.2) is 0 Å². The smallest absolute Gasteiger partial charge is 0.243 e. The minimum atomic E-state index is -3.57. The van der Waals surface area contributed by atoms with Crippen LogP contribution in [-0.4, -0.2) is 56.6 Å². The molecule has 3 rings (SSSR count). The first-order valence-corrected chi connectivity index (χ1v) is 9.17. The second-order valence-electron chi connectivity index (χ2n) is 5.67. The fourth-order valence-electron chi connectivity index (χ4n) is 2.75. The standard InChI is InChI=1S/C16H21N3O3S.2ClH/c1-13-11-18-6-8-22-9-7-19(13)23(20,21)16-3-2-15-12-17-5-4-14(15)10-16;;/h2-5,10,12-13,18H,6-9,11H2,1H3;2*1H/t13-;;/m1../s1. The number of rotatable bonds is 2. The van der Waals surface area contributed by atoms with Crippen molar-refractivity contribution in [2.24, 2.45) is 0 Å². The molecule has 1 fully saturated rings. The van der Waals surface area contributed by atoms with Crippen LogP contribution in [0.25, 0.3) is 10.8 Å². The summed E-state index contributed by atoms with van der Waals surface area (Å²) < 4.78 is 33.1. The molecule has 2 aromatic rings. The molecule has 0 radical (unpaired) electrons. The van der Waals surface area contributed by atoms with E-state index in [1.54, 1.807) is 30.6 Å². The quantitative estimate of drug-likeness (QED) is 0.824. The van der Waals surface area contributed by atoms with Crippen molar-refractivity contribution in [3.8, 4) is 0 Å². The highest BCUT2D eigenvalue weighted by Gasteiger charge is 2.29. The van der Waals surface area contributed by atoms with Crippen LogP contribution in [0.3, 0.4) is 0 Å². The molecule has 0 bridgehead atoms. The van der Waals surface area contributed by atoms with E-state index in [4.69, 9.17) is 4.74 Å². The van der Waals surface area contributed by atoms with E-state index in [2.05, 4.69) is 10.3 Å². The third-order valence-electron chi connectivity index (χ3n) is 4.03. The summed E-state index contributed by atoms with van der Waals surface area (Å²) in [7, 11) is -3.57. The summed E-state index contributed by atoms with van der Waals surface area (Å²) in [4.78, 5) is 4.36. The number of nitrogens with one attached hydrogen (secondary N) is 1. The van der Waals surface area contributed by atoms with Gasteiger partial charge in [-0.05, 0) is 30.5 Å². The van der Waals surface area contributed by atoms with Crippen LogP contribution in [0.5, 0.6) is 0 Å². The Morgan fingerprint density at radius 2 is 2.00 bits per heavy atom.